The number of amides is 1. The summed E-state index contributed by atoms with van der Waals surface area (Å²) in [5.41, 5.74) is 1.72. The highest BCUT2D eigenvalue weighted by atomic mass is 79.9. The minimum Gasteiger partial charge on any atom is -0.480 e. The number of hydrogen-bond donors (Lipinski definition) is 2. The number of benzene rings is 1. The number of carboxylic acid groups (broad SMARTS) is 1. The van der Waals surface area contributed by atoms with Crippen LogP contribution in [0.2, 0.25) is 0 Å². The molecular weight excluding hydrogens is 300 g/mol. The van der Waals surface area contributed by atoms with Crippen LogP contribution in [-0.2, 0) is 9.59 Å². The molecule has 1 amide bonds. The summed E-state index contributed by atoms with van der Waals surface area (Å²) in [4.78, 5) is 23.5. The number of rotatable bonds is 5. The van der Waals surface area contributed by atoms with Crippen molar-refractivity contribution in [1.29, 1.82) is 0 Å². The van der Waals surface area contributed by atoms with Crippen molar-refractivity contribution < 1.29 is 14.7 Å². The van der Waals surface area contributed by atoms with E-state index in [1.54, 1.807) is 13.1 Å². The average molecular weight is 315 g/mol. The van der Waals surface area contributed by atoms with E-state index in [0.717, 1.165) is 10.0 Å². The second kappa shape index (κ2) is 6.51. The molecule has 1 aromatic carbocycles. The number of hydrogen-bond acceptors (Lipinski definition) is 3. The number of likely N-dealkylation sites (N-methyl/N-ethyl adjacent to an activating group) is 1. The smallest absolute Gasteiger partial charge is 0.317 e. The molecule has 0 aliphatic rings. The third-order valence-corrected chi connectivity index (χ3v) is 3.15. The normalized spacial score (nSPS) is 10.4. The molecule has 0 unspecified atom stereocenters. The van der Waals surface area contributed by atoms with Crippen molar-refractivity contribution in [3.05, 3.63) is 28.2 Å². The number of carbonyl (C=O) groups excluding carboxylic acids is 1. The SMILES string of the molecule is Cc1cc(NC(=O)CN(C)CC(=O)O)ccc1Br. The molecule has 0 heterocycles. The largest absolute Gasteiger partial charge is 0.480 e. The highest BCUT2D eigenvalue weighted by Gasteiger charge is 2.10. The second-order valence-electron chi connectivity index (χ2n) is 4.08. The van der Waals surface area contributed by atoms with Gasteiger partial charge in [-0.15, -0.1) is 0 Å². The maximum atomic E-state index is 11.6. The van der Waals surface area contributed by atoms with E-state index in [-0.39, 0.29) is 19.0 Å². The van der Waals surface area contributed by atoms with Gasteiger partial charge in [0.15, 0.2) is 0 Å². The number of aliphatic carboxylic acids is 1. The van der Waals surface area contributed by atoms with Gasteiger partial charge in [0.2, 0.25) is 5.91 Å². The zero-order chi connectivity index (χ0) is 13.7. The van der Waals surface area contributed by atoms with Crippen molar-refractivity contribution in [3.8, 4) is 0 Å². The Morgan fingerprint density at radius 1 is 1.39 bits per heavy atom. The van der Waals surface area contributed by atoms with Crippen LogP contribution in [0.4, 0.5) is 5.69 Å². The zero-order valence-electron chi connectivity index (χ0n) is 10.2. The van der Waals surface area contributed by atoms with E-state index >= 15 is 0 Å². The van der Waals surface area contributed by atoms with E-state index in [9.17, 15) is 9.59 Å². The fourth-order valence-corrected chi connectivity index (χ4v) is 1.70. The Bertz CT molecular complexity index is 463. The Morgan fingerprint density at radius 2 is 2.06 bits per heavy atom. The summed E-state index contributed by atoms with van der Waals surface area (Å²) in [6.45, 7) is 1.81. The Kier molecular flexibility index (Phi) is 5.30. The van der Waals surface area contributed by atoms with Crippen molar-refractivity contribution in [2.24, 2.45) is 0 Å². The molecule has 0 atom stereocenters. The van der Waals surface area contributed by atoms with Gasteiger partial charge in [0.1, 0.15) is 0 Å². The minimum atomic E-state index is -0.954. The van der Waals surface area contributed by atoms with Gasteiger partial charge in [-0.2, -0.15) is 0 Å². The van der Waals surface area contributed by atoms with E-state index < -0.39 is 5.97 Å². The summed E-state index contributed by atoms with van der Waals surface area (Å²) in [7, 11) is 1.58. The number of anilines is 1. The van der Waals surface area contributed by atoms with E-state index in [1.165, 1.54) is 4.90 Å². The lowest BCUT2D eigenvalue weighted by molar-refractivity contribution is -0.138. The first-order valence-electron chi connectivity index (χ1n) is 5.35. The molecule has 0 fully saturated rings. The summed E-state index contributed by atoms with van der Waals surface area (Å²) in [5.74, 6) is -1.19. The molecule has 1 aromatic rings. The van der Waals surface area contributed by atoms with Gasteiger partial charge in [0.25, 0.3) is 0 Å². The molecule has 18 heavy (non-hydrogen) atoms. The number of aryl methyl sites for hydroxylation is 1. The number of nitrogens with zero attached hydrogens (tertiary/aromatic N) is 1. The van der Waals surface area contributed by atoms with Gasteiger partial charge in [0, 0.05) is 10.2 Å². The van der Waals surface area contributed by atoms with Crippen LogP contribution < -0.4 is 5.32 Å². The molecule has 0 bridgehead atoms. The first-order valence-corrected chi connectivity index (χ1v) is 6.14. The average Bonchev–Trinajstić information content (AvgIpc) is 2.21. The third kappa shape index (κ3) is 4.85. The molecule has 98 valence electrons. The van der Waals surface area contributed by atoms with Gasteiger partial charge in [-0.25, -0.2) is 0 Å². The molecule has 0 radical (unpaired) electrons. The Hall–Kier alpha value is -1.40. The summed E-state index contributed by atoms with van der Waals surface area (Å²) in [6, 6.07) is 5.48. The van der Waals surface area contributed by atoms with Gasteiger partial charge >= 0.3 is 5.97 Å². The molecule has 0 saturated heterocycles. The van der Waals surface area contributed by atoms with Crippen LogP contribution >= 0.6 is 15.9 Å². The summed E-state index contributed by atoms with van der Waals surface area (Å²) < 4.78 is 0.975. The quantitative estimate of drug-likeness (QED) is 0.868. The first-order chi connectivity index (χ1) is 8.38. The van der Waals surface area contributed by atoms with Gasteiger partial charge in [0.05, 0.1) is 13.1 Å². The topological polar surface area (TPSA) is 69.6 Å². The molecule has 0 aromatic heterocycles. The number of nitrogens with one attached hydrogen (secondary N) is 1. The monoisotopic (exact) mass is 314 g/mol. The predicted molar refractivity (Wildman–Crippen MR) is 72.6 cm³/mol. The summed E-state index contributed by atoms with van der Waals surface area (Å²) >= 11 is 3.38. The van der Waals surface area contributed by atoms with Crippen molar-refractivity contribution in [2.75, 3.05) is 25.5 Å². The molecule has 0 aliphatic carbocycles. The Labute approximate surface area is 114 Å². The molecular formula is C12H15BrN2O3. The molecule has 0 saturated carbocycles. The van der Waals surface area contributed by atoms with Crippen molar-refractivity contribution in [1.82, 2.24) is 4.90 Å². The van der Waals surface area contributed by atoms with Crippen LogP contribution in [0.5, 0.6) is 0 Å². The molecule has 5 nitrogen and oxygen atoms in total. The van der Waals surface area contributed by atoms with E-state index in [4.69, 9.17) is 5.11 Å². The first kappa shape index (κ1) is 14.7. The van der Waals surface area contributed by atoms with Gasteiger partial charge in [-0.1, -0.05) is 15.9 Å². The number of halogens is 1. The van der Waals surface area contributed by atoms with Crippen LogP contribution in [0.25, 0.3) is 0 Å². The van der Waals surface area contributed by atoms with E-state index in [0.29, 0.717) is 5.69 Å². The standard InChI is InChI=1S/C12H15BrN2O3/c1-8-5-9(3-4-10(8)13)14-11(16)6-15(2)7-12(17)18/h3-5H,6-7H2,1-2H3,(H,14,16)(H,17,18). The van der Waals surface area contributed by atoms with Crippen molar-refractivity contribution in [2.45, 2.75) is 6.92 Å². The zero-order valence-corrected chi connectivity index (χ0v) is 11.8. The Morgan fingerprint density at radius 3 is 2.61 bits per heavy atom. The molecule has 2 N–H and O–H groups in total. The van der Waals surface area contributed by atoms with Crippen LogP contribution in [-0.4, -0.2) is 42.0 Å². The fraction of sp³-hybridized carbons (Fsp3) is 0.333. The van der Waals surface area contributed by atoms with Crippen molar-refractivity contribution in [3.63, 3.8) is 0 Å². The molecule has 1 rings (SSSR count). The van der Waals surface area contributed by atoms with Crippen LogP contribution in [0.1, 0.15) is 5.56 Å². The maximum absolute atomic E-state index is 11.6. The maximum Gasteiger partial charge on any atom is 0.317 e. The highest BCUT2D eigenvalue weighted by Crippen LogP contribution is 2.19. The van der Waals surface area contributed by atoms with E-state index in [2.05, 4.69) is 21.2 Å². The predicted octanol–water partition coefficient (Wildman–Crippen LogP) is 1.71. The van der Waals surface area contributed by atoms with Crippen LogP contribution in [0, 0.1) is 6.92 Å². The van der Waals surface area contributed by atoms with Crippen LogP contribution in [0.15, 0.2) is 22.7 Å². The van der Waals surface area contributed by atoms with E-state index in [1.807, 2.05) is 19.1 Å². The van der Waals surface area contributed by atoms with Crippen molar-refractivity contribution >= 4 is 33.5 Å². The third-order valence-electron chi connectivity index (χ3n) is 2.26. The Balaban J connectivity index is 2.54. The lowest BCUT2D eigenvalue weighted by Gasteiger charge is -2.14. The highest BCUT2D eigenvalue weighted by molar-refractivity contribution is 9.10. The number of carbonyl (C=O) groups is 2. The molecule has 6 heteroatoms. The van der Waals surface area contributed by atoms with Gasteiger partial charge in [-0.3, -0.25) is 14.5 Å². The lowest BCUT2D eigenvalue weighted by Crippen LogP contribution is -2.33. The van der Waals surface area contributed by atoms with Crippen LogP contribution in [0.3, 0.4) is 0 Å². The summed E-state index contributed by atoms with van der Waals surface area (Å²) in [5, 5.41) is 11.3. The molecule has 0 spiro atoms. The summed E-state index contributed by atoms with van der Waals surface area (Å²) in [6.07, 6.45) is 0. The number of carboxylic acids is 1. The fourth-order valence-electron chi connectivity index (χ4n) is 1.45. The van der Waals surface area contributed by atoms with Gasteiger partial charge in [-0.05, 0) is 37.7 Å². The molecule has 0 aliphatic heterocycles. The lowest BCUT2D eigenvalue weighted by atomic mass is 10.2. The van der Waals surface area contributed by atoms with Gasteiger partial charge < -0.3 is 10.4 Å². The minimum absolute atomic E-state index is 0.0431. The second-order valence-corrected chi connectivity index (χ2v) is 4.93.